The molecule has 1 aliphatic carbocycles. The second-order valence-corrected chi connectivity index (χ2v) is 9.78. The van der Waals surface area contributed by atoms with Crippen LogP contribution in [0.2, 0.25) is 0 Å². The molecule has 10 heteroatoms. The summed E-state index contributed by atoms with van der Waals surface area (Å²) in [5.41, 5.74) is 2.30. The van der Waals surface area contributed by atoms with Gasteiger partial charge in [-0.2, -0.15) is 13.2 Å². The first-order valence-electron chi connectivity index (χ1n) is 11.5. The highest BCUT2D eigenvalue weighted by Crippen LogP contribution is 2.48. The Labute approximate surface area is 196 Å². The normalized spacial score (nSPS) is 25.0. The Bertz CT molecular complexity index is 1080. The number of rotatable bonds is 3. The van der Waals surface area contributed by atoms with Gasteiger partial charge in [0.1, 0.15) is 5.54 Å². The van der Waals surface area contributed by atoms with Gasteiger partial charge in [0, 0.05) is 37.9 Å². The van der Waals surface area contributed by atoms with Crippen LogP contribution in [0.25, 0.3) is 5.82 Å². The highest BCUT2D eigenvalue weighted by Gasteiger charge is 2.53. The molecule has 0 bridgehead atoms. The molecule has 2 fully saturated rings. The number of fused-ring (bicyclic) bond motifs is 4. The molecule has 3 atom stereocenters. The van der Waals surface area contributed by atoms with Crippen molar-refractivity contribution in [2.45, 2.75) is 45.3 Å². The molecular weight excluding hydrogens is 449 g/mol. The van der Waals surface area contributed by atoms with Crippen LogP contribution in [0.5, 0.6) is 0 Å². The fourth-order valence-electron chi connectivity index (χ4n) is 5.05. The van der Waals surface area contributed by atoms with Gasteiger partial charge in [-0.3, -0.25) is 4.79 Å². The molecule has 2 aromatic rings. The number of likely N-dealkylation sites (tertiary alicyclic amines) is 1. The van der Waals surface area contributed by atoms with Crippen LogP contribution in [-0.2, 0) is 15.1 Å². The van der Waals surface area contributed by atoms with Gasteiger partial charge < -0.3 is 19.5 Å². The topological polar surface area (TPSA) is 78.7 Å². The number of amides is 1. The predicted molar refractivity (Wildman–Crippen MR) is 120 cm³/mol. The SMILES string of the molecule is CC(C)CN1c2cccnc2-n2cccc2C12CCN(C(=O)C1CC1C)C2.O=C(O)C(F)(F)F. The molecular formula is C24H29F3N4O3. The molecule has 0 radical (unpaired) electrons. The van der Waals surface area contributed by atoms with Gasteiger partial charge in [0.2, 0.25) is 5.91 Å². The number of carbonyl (C=O) groups is 2. The van der Waals surface area contributed by atoms with Crippen molar-refractivity contribution >= 4 is 17.6 Å². The Morgan fingerprint density at radius 2 is 1.94 bits per heavy atom. The molecule has 184 valence electrons. The highest BCUT2D eigenvalue weighted by atomic mass is 19.4. The first-order chi connectivity index (χ1) is 16.0. The van der Waals surface area contributed by atoms with Crippen LogP contribution in [0.3, 0.4) is 0 Å². The minimum absolute atomic E-state index is 0.155. The number of aromatic nitrogens is 2. The van der Waals surface area contributed by atoms with Crippen LogP contribution in [0, 0.1) is 17.8 Å². The number of nitrogens with zero attached hydrogens (tertiary/aromatic N) is 4. The zero-order valence-electron chi connectivity index (χ0n) is 19.4. The fraction of sp³-hybridized carbons (Fsp3) is 0.542. The third kappa shape index (κ3) is 4.25. The molecule has 1 spiro atoms. The summed E-state index contributed by atoms with van der Waals surface area (Å²) in [6.45, 7) is 9.30. The first kappa shape index (κ1) is 24.1. The van der Waals surface area contributed by atoms with Crippen molar-refractivity contribution in [3.8, 4) is 5.82 Å². The Morgan fingerprint density at radius 3 is 2.53 bits per heavy atom. The molecule has 1 N–H and O–H groups in total. The zero-order valence-corrected chi connectivity index (χ0v) is 19.4. The van der Waals surface area contributed by atoms with Crippen LogP contribution in [-0.4, -0.2) is 57.2 Å². The Kier molecular flexibility index (Phi) is 6.12. The van der Waals surface area contributed by atoms with E-state index in [2.05, 4.69) is 64.5 Å². The number of carboxylic acid groups (broad SMARTS) is 1. The summed E-state index contributed by atoms with van der Waals surface area (Å²) in [7, 11) is 0. The number of aliphatic carboxylic acids is 1. The summed E-state index contributed by atoms with van der Waals surface area (Å²) < 4.78 is 34.0. The van der Waals surface area contributed by atoms with Gasteiger partial charge in [0.05, 0.1) is 11.4 Å². The van der Waals surface area contributed by atoms with Gasteiger partial charge in [-0.15, -0.1) is 0 Å². The van der Waals surface area contributed by atoms with Gasteiger partial charge in [-0.05, 0) is 48.9 Å². The quantitative estimate of drug-likeness (QED) is 0.720. The molecule has 1 saturated heterocycles. The van der Waals surface area contributed by atoms with Gasteiger partial charge >= 0.3 is 12.1 Å². The number of pyridine rings is 1. The van der Waals surface area contributed by atoms with Crippen molar-refractivity contribution in [3.63, 3.8) is 0 Å². The van der Waals surface area contributed by atoms with Crippen molar-refractivity contribution in [3.05, 3.63) is 42.4 Å². The molecule has 2 aliphatic heterocycles. The Balaban J connectivity index is 0.000000344. The largest absolute Gasteiger partial charge is 0.490 e. The lowest BCUT2D eigenvalue weighted by molar-refractivity contribution is -0.192. The van der Waals surface area contributed by atoms with Gasteiger partial charge in [-0.1, -0.05) is 20.8 Å². The van der Waals surface area contributed by atoms with Gasteiger partial charge in [-0.25, -0.2) is 9.78 Å². The van der Waals surface area contributed by atoms with E-state index in [4.69, 9.17) is 9.90 Å². The fourth-order valence-corrected chi connectivity index (χ4v) is 5.05. The maximum absolute atomic E-state index is 13.0. The summed E-state index contributed by atoms with van der Waals surface area (Å²) in [5.74, 6) is -0.0514. The summed E-state index contributed by atoms with van der Waals surface area (Å²) in [5, 5.41) is 7.12. The highest BCUT2D eigenvalue weighted by molar-refractivity contribution is 5.82. The molecule has 2 aromatic heterocycles. The van der Waals surface area contributed by atoms with Gasteiger partial charge in [0.15, 0.2) is 5.82 Å². The van der Waals surface area contributed by atoms with E-state index in [1.165, 1.54) is 11.4 Å². The third-order valence-electron chi connectivity index (χ3n) is 6.80. The van der Waals surface area contributed by atoms with Crippen LogP contribution in [0.1, 0.15) is 39.3 Å². The van der Waals surface area contributed by atoms with Crippen LogP contribution >= 0.6 is 0 Å². The number of carboxylic acids is 1. The number of hydrogen-bond acceptors (Lipinski definition) is 4. The van der Waals surface area contributed by atoms with E-state index in [-0.39, 0.29) is 11.5 Å². The Hall–Kier alpha value is -3.04. The number of carbonyl (C=O) groups excluding carboxylic acids is 1. The minimum atomic E-state index is -5.08. The number of halogens is 3. The molecule has 34 heavy (non-hydrogen) atoms. The van der Waals surface area contributed by atoms with E-state index < -0.39 is 12.1 Å². The summed E-state index contributed by atoms with van der Waals surface area (Å²) in [6, 6.07) is 8.54. The van der Waals surface area contributed by atoms with E-state index in [1.807, 2.05) is 12.3 Å². The molecule has 1 saturated carbocycles. The smallest absolute Gasteiger partial charge is 0.475 e. The summed E-state index contributed by atoms with van der Waals surface area (Å²) in [6.07, 6.45) is 0.933. The second-order valence-electron chi connectivity index (χ2n) is 9.78. The average Bonchev–Trinajstić information content (AvgIpc) is 3.16. The predicted octanol–water partition coefficient (Wildman–Crippen LogP) is 4.07. The molecule has 0 aromatic carbocycles. The Morgan fingerprint density at radius 1 is 1.26 bits per heavy atom. The van der Waals surface area contributed by atoms with E-state index in [1.54, 1.807) is 0 Å². The van der Waals surface area contributed by atoms with Crippen LogP contribution in [0.15, 0.2) is 36.7 Å². The van der Waals surface area contributed by atoms with Gasteiger partial charge in [0.25, 0.3) is 0 Å². The zero-order chi connectivity index (χ0) is 24.8. The summed E-state index contributed by atoms with van der Waals surface area (Å²) in [4.78, 5) is 31.2. The van der Waals surface area contributed by atoms with Crippen molar-refractivity contribution < 1.29 is 27.9 Å². The standard InChI is InChI=1S/C22H28N4O.C2HF3O2/c1-15(2)13-26-18-6-4-9-23-20(18)25-10-5-7-19(25)22(26)8-11-24(14-22)21(27)17-12-16(17)3;3-2(4,5)1(6)7/h4-7,9-10,15-17H,8,11-14H2,1-3H3;(H,6,7). The minimum Gasteiger partial charge on any atom is -0.475 e. The van der Waals surface area contributed by atoms with E-state index in [0.717, 1.165) is 38.3 Å². The summed E-state index contributed by atoms with van der Waals surface area (Å²) >= 11 is 0. The molecule has 7 nitrogen and oxygen atoms in total. The molecule has 3 aliphatic rings. The van der Waals surface area contributed by atoms with E-state index in [9.17, 15) is 18.0 Å². The van der Waals surface area contributed by atoms with E-state index in [0.29, 0.717) is 17.7 Å². The monoisotopic (exact) mass is 478 g/mol. The van der Waals surface area contributed by atoms with Crippen molar-refractivity contribution in [1.29, 1.82) is 0 Å². The molecule has 4 heterocycles. The number of hydrogen-bond donors (Lipinski definition) is 1. The lowest BCUT2D eigenvalue weighted by Crippen LogP contribution is -2.54. The lowest BCUT2D eigenvalue weighted by Gasteiger charge is -2.47. The maximum atomic E-state index is 13.0. The molecule has 3 unspecified atom stereocenters. The van der Waals surface area contributed by atoms with Crippen molar-refractivity contribution in [2.75, 3.05) is 24.5 Å². The average molecular weight is 479 g/mol. The first-order valence-corrected chi connectivity index (χ1v) is 11.5. The third-order valence-corrected chi connectivity index (χ3v) is 6.80. The number of alkyl halides is 3. The maximum Gasteiger partial charge on any atom is 0.490 e. The number of anilines is 1. The van der Waals surface area contributed by atoms with Crippen molar-refractivity contribution in [2.24, 2.45) is 17.8 Å². The van der Waals surface area contributed by atoms with Crippen LogP contribution in [0.4, 0.5) is 18.9 Å². The van der Waals surface area contributed by atoms with Crippen molar-refractivity contribution in [1.82, 2.24) is 14.5 Å². The lowest BCUT2D eigenvalue weighted by atomic mass is 9.88. The molecule has 5 rings (SSSR count). The van der Waals surface area contributed by atoms with Crippen LogP contribution < -0.4 is 4.90 Å². The van der Waals surface area contributed by atoms with E-state index >= 15 is 0 Å². The second kappa shape index (κ2) is 8.63. The molecule has 1 amide bonds.